The maximum atomic E-state index is 12.4. The smallest absolute Gasteiger partial charge is 0.267 e. The first-order valence-corrected chi connectivity index (χ1v) is 8.77. The van der Waals surface area contributed by atoms with Gasteiger partial charge in [-0.25, -0.2) is 19.3 Å². The predicted molar refractivity (Wildman–Crippen MR) is 103 cm³/mol. The Kier molecular flexibility index (Phi) is 4.73. The van der Waals surface area contributed by atoms with E-state index >= 15 is 0 Å². The summed E-state index contributed by atoms with van der Waals surface area (Å²) in [5, 5.41) is 11.2. The van der Waals surface area contributed by atoms with Crippen molar-refractivity contribution in [2.45, 2.75) is 20.4 Å². The number of hydrogen-bond donors (Lipinski definition) is 1. The van der Waals surface area contributed by atoms with Crippen molar-refractivity contribution < 1.29 is 9.21 Å². The van der Waals surface area contributed by atoms with Gasteiger partial charge in [0.25, 0.3) is 5.56 Å². The van der Waals surface area contributed by atoms with Gasteiger partial charge in [0.05, 0.1) is 12.0 Å². The first-order chi connectivity index (χ1) is 14.0. The fourth-order valence-electron chi connectivity index (χ4n) is 2.83. The molecule has 1 amide bonds. The van der Waals surface area contributed by atoms with Gasteiger partial charge < -0.3 is 9.73 Å². The second-order valence-corrected chi connectivity index (χ2v) is 6.34. The summed E-state index contributed by atoms with van der Waals surface area (Å²) < 4.78 is 8.00. The van der Waals surface area contributed by atoms with E-state index in [0.29, 0.717) is 23.1 Å². The fourth-order valence-corrected chi connectivity index (χ4v) is 2.83. The summed E-state index contributed by atoms with van der Waals surface area (Å²) in [6.45, 7) is 3.52. The molecule has 0 saturated carbocycles. The average Bonchev–Trinajstić information content (AvgIpc) is 3.33. The molecule has 146 valence electrons. The number of aromatic nitrogens is 6. The number of nitrogens with one attached hydrogen (secondary N) is 1. The van der Waals surface area contributed by atoms with E-state index < -0.39 is 11.5 Å². The van der Waals surface area contributed by atoms with Gasteiger partial charge in [-0.05, 0) is 38.1 Å². The van der Waals surface area contributed by atoms with E-state index in [1.54, 1.807) is 28.9 Å². The van der Waals surface area contributed by atoms with E-state index in [1.807, 2.05) is 19.9 Å². The van der Waals surface area contributed by atoms with Crippen molar-refractivity contribution in [3.8, 4) is 17.3 Å². The van der Waals surface area contributed by atoms with E-state index in [2.05, 4.69) is 25.5 Å². The highest BCUT2D eigenvalue weighted by Gasteiger charge is 2.12. The number of furan rings is 1. The number of carbonyl (C=O) groups excluding carboxylic acids is 1. The maximum absolute atomic E-state index is 12.4. The topological polar surface area (TPSA) is 121 Å². The molecule has 4 aromatic heterocycles. The monoisotopic (exact) mass is 391 g/mol. The summed E-state index contributed by atoms with van der Waals surface area (Å²) in [7, 11) is 0. The van der Waals surface area contributed by atoms with Crippen LogP contribution in [0.5, 0.6) is 0 Å². The molecule has 29 heavy (non-hydrogen) atoms. The molecule has 0 saturated heterocycles. The van der Waals surface area contributed by atoms with E-state index in [0.717, 1.165) is 16.1 Å². The molecule has 0 radical (unpaired) electrons. The van der Waals surface area contributed by atoms with Crippen LogP contribution in [-0.4, -0.2) is 35.4 Å². The lowest BCUT2D eigenvalue weighted by molar-refractivity contribution is -0.117. The summed E-state index contributed by atoms with van der Waals surface area (Å²) in [5.41, 5.74) is 1.82. The van der Waals surface area contributed by atoms with Gasteiger partial charge in [0, 0.05) is 17.8 Å². The number of aryl methyl sites for hydroxylation is 2. The standard InChI is InChI=1S/C19H17N7O3/c1-12-8-13(2)26(23-12)17-9-16(20-11-21-17)22-18(27)10-25-19(28)6-5-14(24-25)15-4-3-7-29-15/h3-9,11H,10H2,1-2H3,(H,20,21,22,27). The zero-order chi connectivity index (χ0) is 20.4. The second-order valence-electron chi connectivity index (χ2n) is 6.34. The van der Waals surface area contributed by atoms with Crippen molar-refractivity contribution in [2.24, 2.45) is 0 Å². The second kappa shape index (κ2) is 7.50. The SMILES string of the molecule is Cc1cc(C)n(-c2cc(NC(=O)Cn3nc(-c4ccco4)ccc3=O)ncn2)n1. The number of hydrogen-bond acceptors (Lipinski definition) is 7. The van der Waals surface area contributed by atoms with Crippen molar-refractivity contribution in [2.75, 3.05) is 5.32 Å². The van der Waals surface area contributed by atoms with Gasteiger partial charge >= 0.3 is 0 Å². The van der Waals surface area contributed by atoms with Crippen LogP contribution in [0, 0.1) is 13.8 Å². The molecule has 0 aliphatic carbocycles. The number of anilines is 1. The van der Waals surface area contributed by atoms with Crippen LogP contribution in [0.2, 0.25) is 0 Å². The van der Waals surface area contributed by atoms with E-state index in [4.69, 9.17) is 4.42 Å². The molecule has 4 heterocycles. The average molecular weight is 391 g/mol. The fraction of sp³-hybridized carbons (Fsp3) is 0.158. The maximum Gasteiger partial charge on any atom is 0.267 e. The lowest BCUT2D eigenvalue weighted by Gasteiger charge is -2.08. The summed E-state index contributed by atoms with van der Waals surface area (Å²) in [5.74, 6) is 0.873. The Bertz CT molecular complexity index is 1220. The summed E-state index contributed by atoms with van der Waals surface area (Å²) in [4.78, 5) is 32.7. The van der Waals surface area contributed by atoms with Gasteiger partial charge in [0.15, 0.2) is 11.6 Å². The molecular weight excluding hydrogens is 374 g/mol. The van der Waals surface area contributed by atoms with Crippen LogP contribution in [0.4, 0.5) is 5.82 Å². The Balaban J connectivity index is 1.52. The third kappa shape index (κ3) is 3.95. The lowest BCUT2D eigenvalue weighted by Crippen LogP contribution is -2.29. The van der Waals surface area contributed by atoms with Crippen molar-refractivity contribution >= 4 is 11.7 Å². The molecule has 0 aliphatic heterocycles. The number of rotatable bonds is 5. The Morgan fingerprint density at radius 2 is 2.00 bits per heavy atom. The van der Waals surface area contributed by atoms with Crippen LogP contribution in [0.25, 0.3) is 17.3 Å². The molecule has 0 fully saturated rings. The quantitative estimate of drug-likeness (QED) is 0.550. The highest BCUT2D eigenvalue weighted by molar-refractivity contribution is 5.89. The number of amides is 1. The minimum Gasteiger partial charge on any atom is -0.463 e. The zero-order valence-corrected chi connectivity index (χ0v) is 15.7. The van der Waals surface area contributed by atoms with Gasteiger partial charge in [-0.15, -0.1) is 0 Å². The van der Waals surface area contributed by atoms with Gasteiger partial charge in [-0.1, -0.05) is 0 Å². The number of nitrogens with zero attached hydrogens (tertiary/aromatic N) is 6. The highest BCUT2D eigenvalue weighted by atomic mass is 16.3. The summed E-state index contributed by atoms with van der Waals surface area (Å²) in [6.07, 6.45) is 2.85. The van der Waals surface area contributed by atoms with Crippen molar-refractivity contribution in [1.29, 1.82) is 0 Å². The predicted octanol–water partition coefficient (Wildman–Crippen LogP) is 1.73. The normalized spacial score (nSPS) is 10.8. The molecule has 0 spiro atoms. The van der Waals surface area contributed by atoms with Crippen LogP contribution < -0.4 is 10.9 Å². The Hall–Kier alpha value is -4.08. The minimum absolute atomic E-state index is 0.271. The van der Waals surface area contributed by atoms with Gasteiger partial charge in [-0.3, -0.25) is 9.59 Å². The summed E-state index contributed by atoms with van der Waals surface area (Å²) >= 11 is 0. The van der Waals surface area contributed by atoms with Crippen molar-refractivity contribution in [1.82, 2.24) is 29.5 Å². The first-order valence-electron chi connectivity index (χ1n) is 8.77. The Labute approximate surface area is 164 Å². The Morgan fingerprint density at radius 1 is 1.14 bits per heavy atom. The van der Waals surface area contributed by atoms with Crippen molar-refractivity contribution in [3.63, 3.8) is 0 Å². The van der Waals surface area contributed by atoms with E-state index in [-0.39, 0.29) is 6.54 Å². The molecule has 0 bridgehead atoms. The first kappa shape index (κ1) is 18.3. The van der Waals surface area contributed by atoms with E-state index in [9.17, 15) is 9.59 Å². The van der Waals surface area contributed by atoms with Gasteiger partial charge in [0.1, 0.15) is 24.4 Å². The van der Waals surface area contributed by atoms with Crippen LogP contribution in [-0.2, 0) is 11.3 Å². The molecule has 1 N–H and O–H groups in total. The molecule has 10 nitrogen and oxygen atoms in total. The molecule has 4 aromatic rings. The molecule has 4 rings (SSSR count). The molecule has 0 aliphatic rings. The van der Waals surface area contributed by atoms with Crippen LogP contribution >= 0.6 is 0 Å². The zero-order valence-electron chi connectivity index (χ0n) is 15.7. The third-order valence-electron chi connectivity index (χ3n) is 4.08. The molecule has 0 aromatic carbocycles. The van der Waals surface area contributed by atoms with Crippen LogP contribution in [0.3, 0.4) is 0 Å². The van der Waals surface area contributed by atoms with Crippen molar-refractivity contribution in [3.05, 3.63) is 70.7 Å². The third-order valence-corrected chi connectivity index (χ3v) is 4.08. The summed E-state index contributed by atoms with van der Waals surface area (Å²) in [6, 6.07) is 9.84. The molecule has 0 atom stereocenters. The van der Waals surface area contributed by atoms with Gasteiger partial charge in [-0.2, -0.15) is 10.2 Å². The van der Waals surface area contributed by atoms with Gasteiger partial charge in [0.2, 0.25) is 5.91 Å². The van der Waals surface area contributed by atoms with Crippen LogP contribution in [0.15, 0.2) is 58.2 Å². The highest BCUT2D eigenvalue weighted by Crippen LogP contribution is 2.15. The largest absolute Gasteiger partial charge is 0.463 e. The minimum atomic E-state index is -0.450. The molecule has 0 unspecified atom stereocenters. The number of carbonyl (C=O) groups is 1. The Morgan fingerprint density at radius 3 is 2.72 bits per heavy atom. The molecular formula is C19H17N7O3. The molecule has 10 heteroatoms. The van der Waals surface area contributed by atoms with Crippen LogP contribution in [0.1, 0.15) is 11.4 Å². The lowest BCUT2D eigenvalue weighted by atomic mass is 10.3. The van der Waals surface area contributed by atoms with E-state index in [1.165, 1.54) is 18.7 Å².